The Morgan fingerprint density at radius 3 is 2.48 bits per heavy atom. The number of carbonyl (C=O) groups is 2. The van der Waals surface area contributed by atoms with Gasteiger partial charge in [-0.15, -0.1) is 0 Å². The molecule has 1 aromatic carbocycles. The summed E-state index contributed by atoms with van der Waals surface area (Å²) in [6.07, 6.45) is 0.684. The fourth-order valence-corrected chi connectivity index (χ4v) is 4.11. The van der Waals surface area contributed by atoms with E-state index < -0.39 is 17.7 Å². The van der Waals surface area contributed by atoms with Crippen molar-refractivity contribution in [3.8, 4) is 5.75 Å². The number of aliphatic hydroxyl groups is 1. The van der Waals surface area contributed by atoms with E-state index in [0.717, 1.165) is 17.7 Å². The van der Waals surface area contributed by atoms with Gasteiger partial charge in [-0.05, 0) is 77.2 Å². The molecule has 2 aromatic rings. The van der Waals surface area contributed by atoms with Gasteiger partial charge in [0.2, 0.25) is 0 Å². The van der Waals surface area contributed by atoms with Crippen LogP contribution in [0.5, 0.6) is 5.75 Å². The third-order valence-corrected chi connectivity index (χ3v) is 5.45. The van der Waals surface area contributed by atoms with E-state index in [4.69, 9.17) is 9.15 Å². The summed E-state index contributed by atoms with van der Waals surface area (Å²) in [6.45, 7) is 6.70. The number of ketones is 1. The predicted molar refractivity (Wildman–Crippen MR) is 118 cm³/mol. The predicted octanol–water partition coefficient (Wildman–Crippen LogP) is 3.59. The van der Waals surface area contributed by atoms with E-state index in [1.54, 1.807) is 25.1 Å². The van der Waals surface area contributed by atoms with Gasteiger partial charge in [-0.3, -0.25) is 9.59 Å². The van der Waals surface area contributed by atoms with Crippen molar-refractivity contribution >= 4 is 17.4 Å². The Kier molecular flexibility index (Phi) is 6.55. The van der Waals surface area contributed by atoms with Crippen LogP contribution in [0.3, 0.4) is 0 Å². The van der Waals surface area contributed by atoms with Gasteiger partial charge in [0.05, 0.1) is 18.2 Å². The smallest absolute Gasteiger partial charge is 0.295 e. The summed E-state index contributed by atoms with van der Waals surface area (Å²) in [5.41, 5.74) is 2.15. The Morgan fingerprint density at radius 2 is 1.90 bits per heavy atom. The second-order valence-corrected chi connectivity index (χ2v) is 8.26. The summed E-state index contributed by atoms with van der Waals surface area (Å²) in [5, 5.41) is 11.3. The van der Waals surface area contributed by atoms with Crippen LogP contribution in [0, 0.1) is 20.8 Å². The lowest BCUT2D eigenvalue weighted by Crippen LogP contribution is -2.32. The first-order valence-corrected chi connectivity index (χ1v) is 10.3. The highest BCUT2D eigenvalue weighted by Crippen LogP contribution is 2.42. The Labute approximate surface area is 182 Å². The molecule has 0 spiro atoms. The number of amides is 1. The molecule has 1 atom stereocenters. The number of carbonyl (C=O) groups excluding carboxylic acids is 2. The number of hydrogen-bond donors (Lipinski definition) is 1. The topological polar surface area (TPSA) is 83.2 Å². The molecule has 1 N–H and O–H groups in total. The van der Waals surface area contributed by atoms with Gasteiger partial charge in [-0.1, -0.05) is 6.07 Å². The number of methoxy groups -OCH3 is 1. The molecule has 1 amide bonds. The third-order valence-electron chi connectivity index (χ3n) is 5.45. The Hall–Kier alpha value is -3.06. The van der Waals surface area contributed by atoms with Crippen LogP contribution in [0.2, 0.25) is 0 Å². The number of ether oxygens (including phenoxy) is 1. The first kappa shape index (κ1) is 22.6. The summed E-state index contributed by atoms with van der Waals surface area (Å²) < 4.78 is 11.3. The Bertz CT molecular complexity index is 1030. The molecular weight excluding hydrogens is 396 g/mol. The van der Waals surface area contributed by atoms with Gasteiger partial charge in [0.15, 0.2) is 0 Å². The van der Waals surface area contributed by atoms with Crippen molar-refractivity contribution in [3.05, 3.63) is 58.0 Å². The van der Waals surface area contributed by atoms with Crippen molar-refractivity contribution in [2.75, 3.05) is 34.3 Å². The zero-order valence-corrected chi connectivity index (χ0v) is 19.0. The van der Waals surface area contributed by atoms with E-state index in [-0.39, 0.29) is 11.3 Å². The fourth-order valence-electron chi connectivity index (χ4n) is 4.11. The highest BCUT2D eigenvalue weighted by Gasteiger charge is 2.47. The second-order valence-electron chi connectivity index (χ2n) is 8.26. The molecule has 1 saturated heterocycles. The molecule has 0 saturated carbocycles. The van der Waals surface area contributed by atoms with Crippen LogP contribution >= 0.6 is 0 Å². The van der Waals surface area contributed by atoms with Crippen molar-refractivity contribution in [2.24, 2.45) is 0 Å². The zero-order chi connectivity index (χ0) is 22.9. The van der Waals surface area contributed by atoms with E-state index in [0.29, 0.717) is 35.8 Å². The molecule has 1 aliphatic rings. The number of Topliss-reactive ketones (excluding diaryl/α,β-unsaturated/α-hetero) is 1. The van der Waals surface area contributed by atoms with E-state index in [2.05, 4.69) is 0 Å². The number of likely N-dealkylation sites (tertiary alicyclic amines) is 1. The average molecular weight is 427 g/mol. The number of aliphatic hydroxyl groups excluding tert-OH is 1. The van der Waals surface area contributed by atoms with Gasteiger partial charge in [0, 0.05) is 6.54 Å². The normalized spacial score (nSPS) is 18.3. The van der Waals surface area contributed by atoms with Crippen molar-refractivity contribution < 1.29 is 23.8 Å². The molecule has 1 aliphatic heterocycles. The van der Waals surface area contributed by atoms with Crippen molar-refractivity contribution in [3.63, 3.8) is 0 Å². The van der Waals surface area contributed by atoms with Crippen LogP contribution in [-0.2, 0) is 9.59 Å². The fraction of sp³-hybridized carbons (Fsp3) is 0.417. The molecule has 1 fully saturated rings. The highest BCUT2D eigenvalue weighted by molar-refractivity contribution is 6.46. The number of hydrogen-bond acceptors (Lipinski definition) is 6. The summed E-state index contributed by atoms with van der Waals surface area (Å²) >= 11 is 0. The minimum Gasteiger partial charge on any atom is -0.507 e. The molecule has 0 aliphatic carbocycles. The molecule has 0 bridgehead atoms. The minimum absolute atomic E-state index is 0.0208. The van der Waals surface area contributed by atoms with E-state index >= 15 is 0 Å². The maximum atomic E-state index is 13.1. The molecule has 2 heterocycles. The molecule has 31 heavy (non-hydrogen) atoms. The van der Waals surface area contributed by atoms with Gasteiger partial charge in [0.25, 0.3) is 11.7 Å². The molecule has 1 aromatic heterocycles. The second kappa shape index (κ2) is 8.98. The van der Waals surface area contributed by atoms with Gasteiger partial charge in [-0.25, -0.2) is 0 Å². The maximum Gasteiger partial charge on any atom is 0.295 e. The average Bonchev–Trinajstić information content (AvgIpc) is 3.23. The summed E-state index contributed by atoms with van der Waals surface area (Å²) in [6, 6.07) is 6.43. The van der Waals surface area contributed by atoms with E-state index in [1.165, 1.54) is 12.0 Å². The molecule has 7 heteroatoms. The van der Waals surface area contributed by atoms with Crippen molar-refractivity contribution in [2.45, 2.75) is 33.2 Å². The Morgan fingerprint density at radius 1 is 1.19 bits per heavy atom. The number of nitrogens with zero attached hydrogens (tertiary/aromatic N) is 2. The quantitative estimate of drug-likeness (QED) is 0.414. The standard InChI is InChI=1S/C24H30N2O5/c1-14-12-15(2)23(30-6)17(13-14)21(27)19-20(18-9-8-16(3)31-18)26(24(29)22(19)28)11-7-10-25(4)5/h8-9,12-13,20,27H,7,10-11H2,1-6H3/b21-19+. The first-order chi connectivity index (χ1) is 14.6. The highest BCUT2D eigenvalue weighted by atomic mass is 16.5. The van der Waals surface area contributed by atoms with Gasteiger partial charge < -0.3 is 24.1 Å². The SMILES string of the molecule is COc1c(C)cc(C)cc1/C(O)=C1\C(=O)C(=O)N(CCCN(C)C)C1c1ccc(C)o1. The molecule has 166 valence electrons. The largest absolute Gasteiger partial charge is 0.507 e. The summed E-state index contributed by atoms with van der Waals surface area (Å²) in [7, 11) is 5.42. The van der Waals surface area contributed by atoms with Crippen molar-refractivity contribution in [1.29, 1.82) is 0 Å². The summed E-state index contributed by atoms with van der Waals surface area (Å²) in [5.74, 6) is -0.0259. The lowest BCUT2D eigenvalue weighted by Gasteiger charge is -2.24. The lowest BCUT2D eigenvalue weighted by atomic mass is 9.96. The molecule has 1 unspecified atom stereocenters. The van der Waals surface area contributed by atoms with E-state index in [1.807, 2.05) is 38.9 Å². The van der Waals surface area contributed by atoms with Crippen molar-refractivity contribution in [1.82, 2.24) is 9.80 Å². The minimum atomic E-state index is -0.790. The molecule has 7 nitrogen and oxygen atoms in total. The number of furan rings is 1. The van der Waals surface area contributed by atoms with Crippen LogP contribution in [-0.4, -0.2) is 60.9 Å². The van der Waals surface area contributed by atoms with Crippen LogP contribution in [0.25, 0.3) is 5.76 Å². The van der Waals surface area contributed by atoms with E-state index in [9.17, 15) is 14.7 Å². The van der Waals surface area contributed by atoms with Gasteiger partial charge in [0.1, 0.15) is 29.1 Å². The van der Waals surface area contributed by atoms with Gasteiger partial charge >= 0.3 is 0 Å². The van der Waals surface area contributed by atoms with Crippen LogP contribution in [0.1, 0.15) is 40.7 Å². The molecule has 0 radical (unpaired) electrons. The molecule has 3 rings (SSSR count). The number of rotatable bonds is 7. The molecular formula is C24H30N2O5. The summed E-state index contributed by atoms with van der Waals surface area (Å²) in [4.78, 5) is 29.5. The lowest BCUT2D eigenvalue weighted by molar-refractivity contribution is -0.140. The van der Waals surface area contributed by atoms with Crippen LogP contribution in [0.15, 0.2) is 34.3 Å². The van der Waals surface area contributed by atoms with Crippen LogP contribution in [0.4, 0.5) is 0 Å². The van der Waals surface area contributed by atoms with Gasteiger partial charge in [-0.2, -0.15) is 0 Å². The van der Waals surface area contributed by atoms with Crippen LogP contribution < -0.4 is 4.74 Å². The third kappa shape index (κ3) is 4.37. The maximum absolute atomic E-state index is 13.1. The monoisotopic (exact) mass is 426 g/mol. The zero-order valence-electron chi connectivity index (χ0n) is 19.0. The first-order valence-electron chi connectivity index (χ1n) is 10.3. The Balaban J connectivity index is 2.17. The number of aryl methyl sites for hydroxylation is 3. The number of benzene rings is 1.